The molecule has 3 rings (SSSR count). The van der Waals surface area contributed by atoms with E-state index in [0.29, 0.717) is 5.39 Å². The number of nitrogens with zero attached hydrogens (tertiary/aromatic N) is 2. The van der Waals surface area contributed by atoms with Crippen LogP contribution in [0.3, 0.4) is 0 Å². The number of methoxy groups -OCH3 is 1. The highest BCUT2D eigenvalue weighted by Gasteiger charge is 2.15. The van der Waals surface area contributed by atoms with Gasteiger partial charge in [-0.05, 0) is 18.2 Å². The Hall–Kier alpha value is -2.60. The summed E-state index contributed by atoms with van der Waals surface area (Å²) in [6.45, 7) is 0. The van der Waals surface area contributed by atoms with E-state index in [1.54, 1.807) is 37.3 Å². The smallest absolute Gasteiger partial charge is 0.278 e. The number of aromatic nitrogens is 1. The predicted molar refractivity (Wildman–Crippen MR) is 91.0 cm³/mol. The Morgan fingerprint density at radius 3 is 2.78 bits per heavy atom. The van der Waals surface area contributed by atoms with Crippen molar-refractivity contribution in [1.29, 1.82) is 0 Å². The molecule has 0 saturated carbocycles. The number of non-ortho nitro benzene ring substituents is 1. The summed E-state index contributed by atoms with van der Waals surface area (Å²) in [5, 5.41) is 12.5. The van der Waals surface area contributed by atoms with E-state index < -0.39 is 0 Å². The SMILES string of the molecule is COc1ccccc1CSc1ccc([N+](=O)[O-])c2cnccc12. The fraction of sp³-hybridized carbons (Fsp3) is 0.118. The number of hydrogen-bond acceptors (Lipinski definition) is 5. The van der Waals surface area contributed by atoms with Gasteiger partial charge >= 0.3 is 0 Å². The van der Waals surface area contributed by atoms with Gasteiger partial charge in [0, 0.05) is 40.1 Å². The zero-order valence-corrected chi connectivity index (χ0v) is 13.2. The molecule has 0 aliphatic heterocycles. The summed E-state index contributed by atoms with van der Waals surface area (Å²) in [6.07, 6.45) is 3.19. The molecule has 3 aromatic rings. The predicted octanol–water partition coefficient (Wildman–Crippen LogP) is 4.44. The van der Waals surface area contributed by atoms with Crippen molar-refractivity contribution >= 4 is 28.2 Å². The number of pyridine rings is 1. The summed E-state index contributed by atoms with van der Waals surface area (Å²) in [6, 6.07) is 13.0. The maximum absolute atomic E-state index is 11.1. The molecule has 116 valence electrons. The minimum absolute atomic E-state index is 0.0785. The van der Waals surface area contributed by atoms with Crippen molar-refractivity contribution in [2.24, 2.45) is 0 Å². The van der Waals surface area contributed by atoms with Gasteiger partial charge in [0.05, 0.1) is 17.4 Å². The number of nitro groups is 1. The van der Waals surface area contributed by atoms with Crippen LogP contribution >= 0.6 is 11.8 Å². The van der Waals surface area contributed by atoms with Crippen molar-refractivity contribution in [1.82, 2.24) is 4.98 Å². The second-order valence-corrected chi connectivity index (χ2v) is 5.88. The first-order valence-corrected chi connectivity index (χ1v) is 7.95. The molecule has 0 atom stereocenters. The van der Waals surface area contributed by atoms with Gasteiger partial charge in [-0.1, -0.05) is 18.2 Å². The van der Waals surface area contributed by atoms with Crippen LogP contribution in [0.25, 0.3) is 10.8 Å². The summed E-state index contributed by atoms with van der Waals surface area (Å²) in [5.74, 6) is 1.56. The zero-order chi connectivity index (χ0) is 16.2. The molecule has 0 spiro atoms. The van der Waals surface area contributed by atoms with Crippen molar-refractivity contribution in [2.75, 3.05) is 7.11 Å². The lowest BCUT2D eigenvalue weighted by Gasteiger charge is -2.09. The first-order chi connectivity index (χ1) is 11.2. The number of nitro benzene ring substituents is 1. The number of hydrogen-bond donors (Lipinski definition) is 0. The quantitative estimate of drug-likeness (QED) is 0.394. The average Bonchev–Trinajstić information content (AvgIpc) is 2.59. The maximum Gasteiger partial charge on any atom is 0.278 e. The molecule has 0 amide bonds. The Kier molecular flexibility index (Phi) is 4.43. The third-order valence-electron chi connectivity index (χ3n) is 3.53. The van der Waals surface area contributed by atoms with Gasteiger partial charge in [0.25, 0.3) is 5.69 Å². The molecule has 2 aromatic carbocycles. The van der Waals surface area contributed by atoms with Gasteiger partial charge in [-0.3, -0.25) is 15.1 Å². The topological polar surface area (TPSA) is 65.3 Å². The Bertz CT molecular complexity index is 867. The van der Waals surface area contributed by atoms with E-state index in [4.69, 9.17) is 4.74 Å². The van der Waals surface area contributed by atoms with Crippen molar-refractivity contribution in [3.05, 3.63) is 70.5 Å². The van der Waals surface area contributed by atoms with E-state index in [0.717, 1.165) is 27.3 Å². The summed E-state index contributed by atoms with van der Waals surface area (Å²) in [4.78, 5) is 15.8. The number of para-hydroxylation sites is 1. The lowest BCUT2D eigenvalue weighted by molar-refractivity contribution is -0.383. The normalized spacial score (nSPS) is 10.7. The van der Waals surface area contributed by atoms with Crippen LogP contribution in [0.5, 0.6) is 5.75 Å². The Morgan fingerprint density at radius 1 is 1.17 bits per heavy atom. The van der Waals surface area contributed by atoms with Gasteiger partial charge in [-0.25, -0.2) is 0 Å². The van der Waals surface area contributed by atoms with Crippen molar-refractivity contribution in [3.63, 3.8) is 0 Å². The van der Waals surface area contributed by atoms with Gasteiger partial charge in [0.1, 0.15) is 5.75 Å². The van der Waals surface area contributed by atoms with Crippen LogP contribution in [0.1, 0.15) is 5.56 Å². The Morgan fingerprint density at radius 2 is 2.00 bits per heavy atom. The molecular formula is C17H14N2O3S. The van der Waals surface area contributed by atoms with Crippen molar-refractivity contribution in [3.8, 4) is 5.75 Å². The number of fused-ring (bicyclic) bond motifs is 1. The minimum Gasteiger partial charge on any atom is -0.496 e. The molecule has 5 nitrogen and oxygen atoms in total. The molecule has 0 bridgehead atoms. The highest BCUT2D eigenvalue weighted by molar-refractivity contribution is 7.98. The molecule has 1 aromatic heterocycles. The van der Waals surface area contributed by atoms with Crippen LogP contribution in [0, 0.1) is 10.1 Å². The summed E-state index contributed by atoms with van der Waals surface area (Å²) >= 11 is 1.62. The van der Waals surface area contributed by atoms with Gasteiger partial charge in [0.15, 0.2) is 0 Å². The fourth-order valence-electron chi connectivity index (χ4n) is 2.41. The Balaban J connectivity index is 1.95. The first kappa shape index (κ1) is 15.3. The van der Waals surface area contributed by atoms with E-state index in [-0.39, 0.29) is 10.6 Å². The van der Waals surface area contributed by atoms with Crippen LogP contribution in [0.2, 0.25) is 0 Å². The zero-order valence-electron chi connectivity index (χ0n) is 12.4. The second-order valence-electron chi connectivity index (χ2n) is 4.86. The standard InChI is InChI=1S/C17H14N2O3S/c1-22-16-5-3-2-4-12(16)11-23-17-7-6-15(19(20)21)14-10-18-9-8-13(14)17/h2-10H,11H2,1H3. The molecular weight excluding hydrogens is 312 g/mol. The summed E-state index contributed by atoms with van der Waals surface area (Å²) < 4.78 is 5.36. The molecule has 0 unspecified atom stereocenters. The second kappa shape index (κ2) is 6.66. The van der Waals surface area contributed by atoms with Crippen LogP contribution in [0.15, 0.2) is 59.8 Å². The number of thioether (sulfide) groups is 1. The number of benzene rings is 2. The lowest BCUT2D eigenvalue weighted by Crippen LogP contribution is -1.92. The molecule has 1 heterocycles. The third-order valence-corrected chi connectivity index (χ3v) is 4.65. The van der Waals surface area contributed by atoms with Crippen LogP contribution < -0.4 is 4.74 Å². The summed E-state index contributed by atoms with van der Waals surface area (Å²) in [5.41, 5.74) is 1.16. The highest BCUT2D eigenvalue weighted by atomic mass is 32.2. The number of ether oxygens (including phenoxy) is 1. The fourth-order valence-corrected chi connectivity index (χ4v) is 3.46. The lowest BCUT2D eigenvalue weighted by atomic mass is 10.1. The van der Waals surface area contributed by atoms with Crippen molar-refractivity contribution < 1.29 is 9.66 Å². The number of rotatable bonds is 5. The van der Waals surface area contributed by atoms with Crippen LogP contribution in [0.4, 0.5) is 5.69 Å². The molecule has 0 radical (unpaired) electrons. The molecule has 0 fully saturated rings. The van der Waals surface area contributed by atoms with Crippen LogP contribution in [-0.2, 0) is 5.75 Å². The van der Waals surface area contributed by atoms with Crippen LogP contribution in [-0.4, -0.2) is 17.0 Å². The van der Waals surface area contributed by atoms with Gasteiger partial charge in [-0.2, -0.15) is 0 Å². The van der Waals surface area contributed by atoms with E-state index >= 15 is 0 Å². The maximum atomic E-state index is 11.1. The Labute approximate surface area is 137 Å². The first-order valence-electron chi connectivity index (χ1n) is 6.96. The monoisotopic (exact) mass is 326 g/mol. The van der Waals surface area contributed by atoms with Gasteiger partial charge in [0.2, 0.25) is 0 Å². The highest BCUT2D eigenvalue weighted by Crippen LogP contribution is 2.35. The van der Waals surface area contributed by atoms with E-state index in [1.165, 1.54) is 6.07 Å². The molecule has 0 aliphatic carbocycles. The molecule has 0 N–H and O–H groups in total. The van der Waals surface area contributed by atoms with Gasteiger partial charge in [-0.15, -0.1) is 11.8 Å². The largest absolute Gasteiger partial charge is 0.496 e. The van der Waals surface area contributed by atoms with E-state index in [1.807, 2.05) is 30.3 Å². The molecule has 6 heteroatoms. The van der Waals surface area contributed by atoms with E-state index in [2.05, 4.69) is 4.98 Å². The van der Waals surface area contributed by atoms with Gasteiger partial charge < -0.3 is 4.74 Å². The van der Waals surface area contributed by atoms with Crippen molar-refractivity contribution in [2.45, 2.75) is 10.6 Å². The van der Waals surface area contributed by atoms with E-state index in [9.17, 15) is 10.1 Å². The minimum atomic E-state index is -0.376. The average molecular weight is 326 g/mol. The summed E-state index contributed by atoms with van der Waals surface area (Å²) in [7, 11) is 1.65. The molecule has 0 saturated heterocycles. The molecule has 0 aliphatic rings. The third kappa shape index (κ3) is 3.12. The molecule has 23 heavy (non-hydrogen) atoms.